The number of aromatic amines is 1. The molecule has 0 atom stereocenters. The molecule has 1 fully saturated rings. The maximum atomic E-state index is 12.2. The highest BCUT2D eigenvalue weighted by Crippen LogP contribution is 2.15. The van der Waals surface area contributed by atoms with Gasteiger partial charge >= 0.3 is 0 Å². The predicted octanol–water partition coefficient (Wildman–Crippen LogP) is 0.141. The van der Waals surface area contributed by atoms with Crippen LogP contribution < -0.4 is 10.5 Å². The van der Waals surface area contributed by atoms with Gasteiger partial charge in [0, 0.05) is 31.0 Å². The molecule has 0 unspecified atom stereocenters. The highest BCUT2D eigenvalue weighted by molar-refractivity contribution is 7.89. The molecule has 1 saturated heterocycles. The van der Waals surface area contributed by atoms with Crippen LogP contribution in [-0.4, -0.2) is 49.1 Å². The second kappa shape index (κ2) is 5.84. The van der Waals surface area contributed by atoms with Crippen LogP contribution in [0.2, 0.25) is 0 Å². The summed E-state index contributed by atoms with van der Waals surface area (Å²) < 4.78 is 25.6. The number of nitrogens with one attached hydrogen (secondary N) is 2. The fourth-order valence-corrected chi connectivity index (χ4v) is 3.15. The van der Waals surface area contributed by atoms with Crippen LogP contribution in [0.3, 0.4) is 0 Å². The molecule has 112 valence electrons. The Kier molecular flexibility index (Phi) is 4.34. The Hall–Kier alpha value is -1.54. The van der Waals surface area contributed by atoms with E-state index in [2.05, 4.69) is 9.71 Å². The molecule has 4 N–H and O–H groups in total. The molecule has 0 spiro atoms. The summed E-state index contributed by atoms with van der Waals surface area (Å²) in [6.07, 6.45) is 2.83. The van der Waals surface area contributed by atoms with Crippen molar-refractivity contribution in [1.82, 2.24) is 14.6 Å². The maximum absolute atomic E-state index is 12.2. The average Bonchev–Trinajstić information content (AvgIpc) is 2.85. The quantitative estimate of drug-likeness (QED) is 0.735. The average molecular weight is 300 g/mol. The van der Waals surface area contributed by atoms with Gasteiger partial charge < -0.3 is 15.6 Å². The fraction of sp³-hybridized carbons (Fsp3) is 0.583. The standard InChI is InChI=1S/C12H20N4O3S/c1-2-20(18,19)15-10-3-5-16(6-4-10)12(17)11-7-9(13)8-14-11/h7-8,10,14-15H,2-6,13H2,1H3. The molecule has 0 saturated carbocycles. The molecule has 20 heavy (non-hydrogen) atoms. The number of hydrogen-bond acceptors (Lipinski definition) is 4. The Labute approximate surface area is 118 Å². The molecule has 0 aliphatic carbocycles. The largest absolute Gasteiger partial charge is 0.397 e. The van der Waals surface area contributed by atoms with Crippen molar-refractivity contribution < 1.29 is 13.2 Å². The monoisotopic (exact) mass is 300 g/mol. The molecular weight excluding hydrogens is 280 g/mol. The minimum Gasteiger partial charge on any atom is -0.397 e. The van der Waals surface area contributed by atoms with E-state index in [1.807, 2.05) is 0 Å². The summed E-state index contributed by atoms with van der Waals surface area (Å²) in [5, 5.41) is 0. The number of carbonyl (C=O) groups excluding carboxylic acids is 1. The normalized spacial score (nSPS) is 17.4. The third-order valence-electron chi connectivity index (χ3n) is 3.44. The number of rotatable bonds is 4. The number of anilines is 1. The van der Waals surface area contributed by atoms with E-state index in [4.69, 9.17) is 5.73 Å². The van der Waals surface area contributed by atoms with Crippen LogP contribution in [0, 0.1) is 0 Å². The molecule has 1 aliphatic rings. The number of nitrogens with zero attached hydrogens (tertiary/aromatic N) is 1. The predicted molar refractivity (Wildman–Crippen MR) is 76.7 cm³/mol. The SMILES string of the molecule is CCS(=O)(=O)NC1CCN(C(=O)c2cc(N)c[nH]2)CC1. The highest BCUT2D eigenvalue weighted by atomic mass is 32.2. The molecule has 7 nitrogen and oxygen atoms in total. The van der Waals surface area contributed by atoms with E-state index in [0.717, 1.165) is 0 Å². The number of nitrogen functional groups attached to an aromatic ring is 1. The van der Waals surface area contributed by atoms with Gasteiger partial charge in [0.05, 0.1) is 5.75 Å². The summed E-state index contributed by atoms with van der Waals surface area (Å²) in [5.74, 6) is -0.0213. The Morgan fingerprint density at radius 2 is 2.15 bits per heavy atom. The van der Waals surface area contributed by atoms with Crippen molar-refractivity contribution in [3.8, 4) is 0 Å². The van der Waals surface area contributed by atoms with E-state index < -0.39 is 10.0 Å². The third kappa shape index (κ3) is 3.51. The number of amides is 1. The summed E-state index contributed by atoms with van der Waals surface area (Å²) >= 11 is 0. The first-order valence-corrected chi connectivity index (χ1v) is 8.29. The summed E-state index contributed by atoms with van der Waals surface area (Å²) in [6, 6.07) is 1.52. The maximum Gasteiger partial charge on any atom is 0.270 e. The molecule has 2 rings (SSSR count). The fourth-order valence-electron chi connectivity index (χ4n) is 2.24. The summed E-state index contributed by atoms with van der Waals surface area (Å²) in [4.78, 5) is 16.7. The van der Waals surface area contributed by atoms with E-state index in [1.165, 1.54) is 0 Å². The van der Waals surface area contributed by atoms with Crippen LogP contribution in [0.15, 0.2) is 12.3 Å². The van der Waals surface area contributed by atoms with Crippen LogP contribution in [-0.2, 0) is 10.0 Å². The molecule has 1 aromatic heterocycles. The Morgan fingerprint density at radius 3 is 2.65 bits per heavy atom. The van der Waals surface area contributed by atoms with Crippen molar-refractivity contribution in [3.63, 3.8) is 0 Å². The zero-order valence-corrected chi connectivity index (χ0v) is 12.2. The van der Waals surface area contributed by atoms with Crippen molar-refractivity contribution in [3.05, 3.63) is 18.0 Å². The molecule has 1 aromatic rings. The smallest absolute Gasteiger partial charge is 0.270 e. The van der Waals surface area contributed by atoms with Gasteiger partial charge in [-0.1, -0.05) is 0 Å². The number of aromatic nitrogens is 1. The van der Waals surface area contributed by atoms with Crippen molar-refractivity contribution >= 4 is 21.6 Å². The van der Waals surface area contributed by atoms with Crippen molar-refractivity contribution in [2.24, 2.45) is 0 Å². The zero-order chi connectivity index (χ0) is 14.8. The van der Waals surface area contributed by atoms with E-state index in [9.17, 15) is 13.2 Å². The number of hydrogen-bond donors (Lipinski definition) is 3. The molecule has 0 radical (unpaired) electrons. The summed E-state index contributed by atoms with van der Waals surface area (Å²) in [6.45, 7) is 2.68. The van der Waals surface area contributed by atoms with E-state index in [-0.39, 0.29) is 17.7 Å². The minimum atomic E-state index is -3.18. The molecule has 8 heteroatoms. The molecule has 0 bridgehead atoms. The van der Waals surface area contributed by atoms with Gasteiger partial charge in [0.1, 0.15) is 5.69 Å². The van der Waals surface area contributed by atoms with Gasteiger partial charge in [-0.2, -0.15) is 0 Å². The van der Waals surface area contributed by atoms with Crippen LogP contribution in [0.5, 0.6) is 0 Å². The second-order valence-electron chi connectivity index (χ2n) is 4.93. The van der Waals surface area contributed by atoms with Gasteiger partial charge in [-0.3, -0.25) is 4.79 Å². The van der Waals surface area contributed by atoms with Gasteiger partial charge in [-0.25, -0.2) is 13.1 Å². The van der Waals surface area contributed by atoms with E-state index in [1.54, 1.807) is 24.1 Å². The van der Waals surface area contributed by atoms with Crippen LogP contribution >= 0.6 is 0 Å². The molecule has 2 heterocycles. The zero-order valence-electron chi connectivity index (χ0n) is 11.4. The van der Waals surface area contributed by atoms with Gasteiger partial charge in [0.15, 0.2) is 0 Å². The Bertz CT molecular complexity index is 573. The number of nitrogens with two attached hydrogens (primary N) is 1. The minimum absolute atomic E-state index is 0.0773. The van der Waals surface area contributed by atoms with Gasteiger partial charge in [0.25, 0.3) is 5.91 Å². The topological polar surface area (TPSA) is 108 Å². The molecule has 0 aromatic carbocycles. The van der Waals surface area contributed by atoms with Crippen molar-refractivity contribution in [2.75, 3.05) is 24.6 Å². The van der Waals surface area contributed by atoms with Crippen LogP contribution in [0.4, 0.5) is 5.69 Å². The lowest BCUT2D eigenvalue weighted by Crippen LogP contribution is -2.46. The number of likely N-dealkylation sites (tertiary alicyclic amines) is 1. The van der Waals surface area contributed by atoms with Crippen molar-refractivity contribution in [2.45, 2.75) is 25.8 Å². The number of sulfonamides is 1. The first-order chi connectivity index (χ1) is 9.41. The lowest BCUT2D eigenvalue weighted by Gasteiger charge is -2.31. The third-order valence-corrected chi connectivity index (χ3v) is 4.90. The van der Waals surface area contributed by atoms with Gasteiger partial charge in [-0.05, 0) is 25.8 Å². The van der Waals surface area contributed by atoms with E-state index >= 15 is 0 Å². The first kappa shape index (κ1) is 14.9. The summed E-state index contributed by atoms with van der Waals surface area (Å²) in [7, 11) is -3.18. The van der Waals surface area contributed by atoms with Gasteiger partial charge in [0.2, 0.25) is 10.0 Å². The van der Waals surface area contributed by atoms with E-state index in [0.29, 0.717) is 37.3 Å². The number of H-pyrrole nitrogens is 1. The Morgan fingerprint density at radius 1 is 1.50 bits per heavy atom. The lowest BCUT2D eigenvalue weighted by atomic mass is 10.1. The van der Waals surface area contributed by atoms with Crippen LogP contribution in [0.1, 0.15) is 30.3 Å². The number of carbonyl (C=O) groups is 1. The Balaban J connectivity index is 1.90. The molecule has 1 aliphatic heterocycles. The number of piperidine rings is 1. The van der Waals surface area contributed by atoms with Crippen LogP contribution in [0.25, 0.3) is 0 Å². The highest BCUT2D eigenvalue weighted by Gasteiger charge is 2.26. The molecule has 1 amide bonds. The van der Waals surface area contributed by atoms with Gasteiger partial charge in [-0.15, -0.1) is 0 Å². The summed E-state index contributed by atoms with van der Waals surface area (Å²) in [5.41, 5.74) is 6.57. The van der Waals surface area contributed by atoms with Crippen molar-refractivity contribution in [1.29, 1.82) is 0 Å². The lowest BCUT2D eigenvalue weighted by molar-refractivity contribution is 0.0706. The second-order valence-corrected chi connectivity index (χ2v) is 6.98. The molecular formula is C12H20N4O3S. The first-order valence-electron chi connectivity index (χ1n) is 6.64.